The molecule has 0 saturated heterocycles. The van der Waals surface area contributed by atoms with Crippen LogP contribution in [0.5, 0.6) is 0 Å². The lowest BCUT2D eigenvalue weighted by molar-refractivity contribution is 0.217. The van der Waals surface area contributed by atoms with E-state index in [9.17, 15) is 5.11 Å². The molecule has 1 atom stereocenters. The third-order valence-corrected chi connectivity index (χ3v) is 4.40. The summed E-state index contributed by atoms with van der Waals surface area (Å²) in [5, 5.41) is 10.0. The lowest BCUT2D eigenvalue weighted by Crippen LogP contribution is -2.29. The Balaban J connectivity index is 3.33. The zero-order valence-corrected chi connectivity index (χ0v) is 10.7. The van der Waals surface area contributed by atoms with Crippen LogP contribution in [0.1, 0.15) is 13.8 Å². The number of hydrogen-bond donors (Lipinski definition) is 1. The molecule has 1 rings (SSSR count). The van der Waals surface area contributed by atoms with E-state index >= 15 is 0 Å². The van der Waals surface area contributed by atoms with Crippen molar-refractivity contribution in [3.63, 3.8) is 0 Å². The van der Waals surface area contributed by atoms with Crippen LogP contribution in [0, 0.1) is 5.41 Å². The van der Waals surface area contributed by atoms with Crippen LogP contribution >= 0.6 is 46.4 Å². The van der Waals surface area contributed by atoms with Crippen molar-refractivity contribution in [2.45, 2.75) is 24.3 Å². The molecule has 1 nitrogen and oxygen atoms in total. The Morgan fingerprint density at radius 3 is 2.21 bits per heavy atom. The maximum atomic E-state index is 9.61. The molecule has 1 N–H and O–H groups in total. The van der Waals surface area contributed by atoms with Crippen molar-refractivity contribution in [1.82, 2.24) is 0 Å². The van der Waals surface area contributed by atoms with Gasteiger partial charge in [-0.05, 0) is 0 Å². The molecule has 0 amide bonds. The van der Waals surface area contributed by atoms with Crippen molar-refractivity contribution in [2.24, 2.45) is 5.41 Å². The lowest BCUT2D eigenvalue weighted by Gasteiger charge is -2.24. The zero-order chi connectivity index (χ0) is 11.1. The summed E-state index contributed by atoms with van der Waals surface area (Å²) in [4.78, 5) is 0. The highest BCUT2D eigenvalue weighted by molar-refractivity contribution is 6.58. The SMILES string of the molecule is CC1(C)C=C[C@H](O)C(Cl)(Cl)C(Cl)=C1Cl. The van der Waals surface area contributed by atoms with Crippen molar-refractivity contribution in [3.05, 3.63) is 22.2 Å². The third-order valence-electron chi connectivity index (χ3n) is 2.12. The van der Waals surface area contributed by atoms with E-state index in [-0.39, 0.29) is 5.03 Å². The molecule has 0 heterocycles. The molecule has 0 fully saturated rings. The van der Waals surface area contributed by atoms with Gasteiger partial charge in [-0.2, -0.15) is 0 Å². The fourth-order valence-corrected chi connectivity index (χ4v) is 2.08. The van der Waals surface area contributed by atoms with Gasteiger partial charge in [-0.25, -0.2) is 0 Å². The Kier molecular flexibility index (Phi) is 3.51. The van der Waals surface area contributed by atoms with Crippen LogP contribution in [0.2, 0.25) is 0 Å². The number of halogens is 4. The molecule has 0 spiro atoms. The average molecular weight is 276 g/mol. The highest BCUT2D eigenvalue weighted by atomic mass is 35.5. The molecule has 0 aliphatic heterocycles. The van der Waals surface area contributed by atoms with E-state index in [0.29, 0.717) is 5.03 Å². The van der Waals surface area contributed by atoms with E-state index < -0.39 is 15.9 Å². The first-order valence-corrected chi connectivity index (χ1v) is 5.52. The van der Waals surface area contributed by atoms with Gasteiger partial charge in [0.05, 0.1) is 5.03 Å². The third kappa shape index (κ3) is 2.07. The quantitative estimate of drug-likeness (QED) is 0.527. The molecular formula is C9H10Cl4O. The van der Waals surface area contributed by atoms with Crippen molar-refractivity contribution >= 4 is 46.4 Å². The Hall–Kier alpha value is 0.600. The van der Waals surface area contributed by atoms with Crippen LogP contribution in [0.15, 0.2) is 22.2 Å². The van der Waals surface area contributed by atoms with Gasteiger partial charge >= 0.3 is 0 Å². The summed E-state index contributed by atoms with van der Waals surface area (Å²) in [5.74, 6) is 0. The number of alkyl halides is 2. The maximum absolute atomic E-state index is 9.61. The van der Waals surface area contributed by atoms with Crippen molar-refractivity contribution in [2.75, 3.05) is 0 Å². The van der Waals surface area contributed by atoms with E-state index in [0.717, 1.165) is 0 Å². The van der Waals surface area contributed by atoms with Gasteiger partial charge < -0.3 is 5.11 Å². The largest absolute Gasteiger partial charge is 0.385 e. The number of hydrogen-bond acceptors (Lipinski definition) is 1. The topological polar surface area (TPSA) is 20.2 Å². The van der Waals surface area contributed by atoms with E-state index in [1.54, 1.807) is 6.08 Å². The summed E-state index contributed by atoms with van der Waals surface area (Å²) in [6.45, 7) is 3.71. The fraction of sp³-hybridized carbons (Fsp3) is 0.556. The van der Waals surface area contributed by atoms with Gasteiger partial charge in [-0.3, -0.25) is 0 Å². The Labute approximate surface area is 103 Å². The predicted octanol–water partition coefficient (Wildman–Crippen LogP) is 3.81. The summed E-state index contributed by atoms with van der Waals surface area (Å²) >= 11 is 23.7. The average Bonchev–Trinajstić information content (AvgIpc) is 2.13. The summed E-state index contributed by atoms with van der Waals surface area (Å²) in [5.41, 5.74) is -0.467. The van der Waals surface area contributed by atoms with Gasteiger partial charge in [-0.15, -0.1) is 0 Å². The molecule has 0 bridgehead atoms. The van der Waals surface area contributed by atoms with E-state index in [4.69, 9.17) is 46.4 Å². The van der Waals surface area contributed by atoms with Gasteiger partial charge in [0.25, 0.3) is 0 Å². The van der Waals surface area contributed by atoms with Crippen molar-refractivity contribution < 1.29 is 5.11 Å². The minimum Gasteiger partial charge on any atom is -0.385 e. The molecule has 0 saturated carbocycles. The molecule has 0 radical (unpaired) electrons. The minimum atomic E-state index is -1.57. The predicted molar refractivity (Wildman–Crippen MR) is 62.1 cm³/mol. The second-order valence-electron chi connectivity index (χ2n) is 3.78. The lowest BCUT2D eigenvalue weighted by atomic mass is 9.93. The first-order valence-electron chi connectivity index (χ1n) is 4.01. The van der Waals surface area contributed by atoms with Crippen LogP contribution in [-0.2, 0) is 0 Å². The molecule has 0 aromatic rings. The van der Waals surface area contributed by atoms with Gasteiger partial charge in [0.15, 0.2) is 4.33 Å². The van der Waals surface area contributed by atoms with E-state index in [1.807, 2.05) is 13.8 Å². The normalized spacial score (nSPS) is 30.4. The van der Waals surface area contributed by atoms with Gasteiger partial charge in [0.2, 0.25) is 0 Å². The van der Waals surface area contributed by atoms with Gasteiger partial charge in [0.1, 0.15) is 6.10 Å². The minimum absolute atomic E-state index is 0.0741. The molecule has 0 aromatic heterocycles. The Morgan fingerprint density at radius 2 is 1.71 bits per heavy atom. The molecule has 0 aromatic carbocycles. The van der Waals surface area contributed by atoms with Gasteiger partial charge in [-0.1, -0.05) is 72.4 Å². The molecule has 0 unspecified atom stereocenters. The summed E-state index contributed by atoms with van der Waals surface area (Å²) < 4.78 is -1.57. The second kappa shape index (κ2) is 3.88. The standard InChI is InChI=1S/C9H10Cl4O/c1-8(2)4-3-5(14)9(12,13)7(11)6(8)10/h3-5,14H,1-2H3/t5-/m0/s1. The Morgan fingerprint density at radius 1 is 1.21 bits per heavy atom. The fourth-order valence-electron chi connectivity index (χ4n) is 1.08. The Bertz CT molecular complexity index is 304. The van der Waals surface area contributed by atoms with E-state index in [2.05, 4.69) is 0 Å². The van der Waals surface area contributed by atoms with Gasteiger partial charge in [0, 0.05) is 10.4 Å². The van der Waals surface area contributed by atoms with E-state index in [1.165, 1.54) is 6.08 Å². The number of aliphatic hydroxyl groups is 1. The molecule has 1 aliphatic rings. The van der Waals surface area contributed by atoms with Crippen LogP contribution in [0.4, 0.5) is 0 Å². The molecule has 80 valence electrons. The molecule has 14 heavy (non-hydrogen) atoms. The number of allylic oxidation sites excluding steroid dienone is 2. The first kappa shape index (κ1) is 12.7. The summed E-state index contributed by atoms with van der Waals surface area (Å²) in [6, 6.07) is 0. The summed E-state index contributed by atoms with van der Waals surface area (Å²) in [6.07, 6.45) is 2.17. The van der Waals surface area contributed by atoms with Crippen LogP contribution in [-0.4, -0.2) is 15.5 Å². The van der Waals surface area contributed by atoms with Crippen LogP contribution in [0.25, 0.3) is 0 Å². The monoisotopic (exact) mass is 274 g/mol. The highest BCUT2D eigenvalue weighted by Crippen LogP contribution is 2.47. The number of aliphatic hydroxyl groups excluding tert-OH is 1. The van der Waals surface area contributed by atoms with Crippen molar-refractivity contribution in [1.29, 1.82) is 0 Å². The first-order chi connectivity index (χ1) is 6.19. The highest BCUT2D eigenvalue weighted by Gasteiger charge is 2.42. The number of rotatable bonds is 0. The van der Waals surface area contributed by atoms with Crippen molar-refractivity contribution in [3.8, 4) is 0 Å². The molecule has 1 aliphatic carbocycles. The summed E-state index contributed by atoms with van der Waals surface area (Å²) in [7, 11) is 0. The zero-order valence-electron chi connectivity index (χ0n) is 7.69. The maximum Gasteiger partial charge on any atom is 0.183 e. The molecule has 5 heteroatoms. The van der Waals surface area contributed by atoms with Crippen LogP contribution in [0.3, 0.4) is 0 Å². The molecular weight excluding hydrogens is 266 g/mol. The second-order valence-corrected chi connectivity index (χ2v) is 5.92. The smallest absolute Gasteiger partial charge is 0.183 e. The van der Waals surface area contributed by atoms with Crippen LogP contribution < -0.4 is 0 Å².